The van der Waals surface area contributed by atoms with Crippen molar-refractivity contribution in [3.63, 3.8) is 0 Å². The van der Waals surface area contributed by atoms with Crippen LogP contribution in [0.4, 0.5) is 17.1 Å². The average molecular weight is 676 g/mol. The maximum absolute atomic E-state index is 4.74. The van der Waals surface area contributed by atoms with Crippen molar-refractivity contribution < 1.29 is 0 Å². The molecule has 0 aliphatic rings. The standard InChI is InChI=1S/C47H41N5/c1-4-34(2)16-15-17-35(3)46-48-49-47(36-18-7-5-8-19-36)52(46)41-32-28-39(29-33-41)50(37-20-9-6-10-21-37)38-26-30-40(31-27-38)51-44-24-13-11-22-42(44)43-23-12-14-25-45(43)51/h5-33,35H,4H2,1-3H3/b17-15-,34-16-. The Hall–Kier alpha value is -6.46. The smallest absolute Gasteiger partial charge is 0.168 e. The number of hydrogen-bond acceptors (Lipinski definition) is 3. The Morgan fingerprint density at radius 1 is 0.596 bits per heavy atom. The molecule has 0 radical (unpaired) electrons. The van der Waals surface area contributed by atoms with Gasteiger partial charge in [-0.2, -0.15) is 0 Å². The minimum atomic E-state index is 0.0550. The van der Waals surface area contributed by atoms with Crippen molar-refractivity contribution in [1.29, 1.82) is 0 Å². The van der Waals surface area contributed by atoms with Crippen LogP contribution in [0.3, 0.4) is 0 Å². The fourth-order valence-corrected chi connectivity index (χ4v) is 6.94. The van der Waals surface area contributed by atoms with Gasteiger partial charge in [0.1, 0.15) is 5.82 Å². The van der Waals surface area contributed by atoms with Gasteiger partial charge in [0.2, 0.25) is 0 Å². The summed E-state index contributed by atoms with van der Waals surface area (Å²) in [7, 11) is 0. The van der Waals surface area contributed by atoms with Crippen LogP contribution in [0.1, 0.15) is 38.9 Å². The monoisotopic (exact) mass is 675 g/mol. The number of anilines is 3. The predicted octanol–water partition coefficient (Wildman–Crippen LogP) is 12.5. The lowest BCUT2D eigenvalue weighted by Crippen LogP contribution is -2.11. The van der Waals surface area contributed by atoms with Crippen molar-refractivity contribution in [2.75, 3.05) is 4.90 Å². The zero-order valence-corrected chi connectivity index (χ0v) is 29.8. The van der Waals surface area contributed by atoms with Gasteiger partial charge in [0, 0.05) is 50.7 Å². The van der Waals surface area contributed by atoms with Crippen LogP contribution in [0.5, 0.6) is 0 Å². The molecule has 0 saturated carbocycles. The Morgan fingerprint density at radius 2 is 1.10 bits per heavy atom. The van der Waals surface area contributed by atoms with Gasteiger partial charge in [-0.1, -0.05) is 123 Å². The number of fused-ring (bicyclic) bond motifs is 3. The third kappa shape index (κ3) is 6.22. The Morgan fingerprint density at radius 3 is 1.67 bits per heavy atom. The van der Waals surface area contributed by atoms with Gasteiger partial charge < -0.3 is 9.47 Å². The number of nitrogens with zero attached hydrogens (tertiary/aromatic N) is 5. The quantitative estimate of drug-likeness (QED) is 0.135. The second kappa shape index (κ2) is 14.4. The molecule has 0 fully saturated rings. The summed E-state index contributed by atoms with van der Waals surface area (Å²) in [4.78, 5) is 2.30. The molecule has 6 aromatic carbocycles. The summed E-state index contributed by atoms with van der Waals surface area (Å²) in [5, 5.41) is 12.0. The van der Waals surface area contributed by atoms with E-state index in [1.54, 1.807) is 0 Å². The summed E-state index contributed by atoms with van der Waals surface area (Å²) >= 11 is 0. The van der Waals surface area contributed by atoms with Gasteiger partial charge in [-0.3, -0.25) is 4.57 Å². The Labute approximate surface area is 305 Å². The zero-order chi connectivity index (χ0) is 35.4. The minimum absolute atomic E-state index is 0.0550. The first-order valence-electron chi connectivity index (χ1n) is 18.0. The third-order valence-electron chi connectivity index (χ3n) is 9.79. The number of aromatic nitrogens is 4. The highest BCUT2D eigenvalue weighted by Gasteiger charge is 2.20. The normalized spacial score (nSPS) is 12.6. The molecule has 0 aliphatic carbocycles. The van der Waals surface area contributed by atoms with Crippen LogP contribution in [-0.2, 0) is 0 Å². The van der Waals surface area contributed by atoms with Crippen molar-refractivity contribution in [3.8, 4) is 22.8 Å². The maximum Gasteiger partial charge on any atom is 0.168 e. The first-order valence-corrected chi connectivity index (χ1v) is 18.0. The lowest BCUT2D eigenvalue weighted by atomic mass is 10.1. The lowest BCUT2D eigenvalue weighted by Gasteiger charge is -2.26. The molecule has 5 heteroatoms. The molecule has 8 aromatic rings. The van der Waals surface area contributed by atoms with Gasteiger partial charge in [-0.25, -0.2) is 0 Å². The van der Waals surface area contributed by atoms with Gasteiger partial charge in [0.15, 0.2) is 5.82 Å². The molecule has 0 aliphatic heterocycles. The van der Waals surface area contributed by atoms with E-state index >= 15 is 0 Å². The van der Waals surface area contributed by atoms with Gasteiger partial charge >= 0.3 is 0 Å². The largest absolute Gasteiger partial charge is 0.311 e. The third-order valence-corrected chi connectivity index (χ3v) is 9.79. The molecule has 254 valence electrons. The molecule has 0 saturated heterocycles. The molecule has 1 atom stereocenters. The van der Waals surface area contributed by atoms with E-state index in [1.807, 2.05) is 18.2 Å². The van der Waals surface area contributed by atoms with Crippen molar-refractivity contribution >= 4 is 38.9 Å². The van der Waals surface area contributed by atoms with Crippen LogP contribution < -0.4 is 4.90 Å². The second-order valence-electron chi connectivity index (χ2n) is 13.2. The van der Waals surface area contributed by atoms with Gasteiger partial charge in [-0.05, 0) is 86.1 Å². The van der Waals surface area contributed by atoms with Crippen molar-refractivity contribution in [2.24, 2.45) is 0 Å². The van der Waals surface area contributed by atoms with Crippen LogP contribution in [0.2, 0.25) is 0 Å². The Balaban J connectivity index is 1.18. The van der Waals surface area contributed by atoms with Crippen LogP contribution >= 0.6 is 0 Å². The topological polar surface area (TPSA) is 38.9 Å². The molecule has 5 nitrogen and oxygen atoms in total. The molecule has 8 rings (SSSR count). The molecular formula is C47H41N5. The van der Waals surface area contributed by atoms with E-state index < -0.39 is 0 Å². The van der Waals surface area contributed by atoms with Crippen LogP contribution in [0.25, 0.3) is 44.6 Å². The average Bonchev–Trinajstić information content (AvgIpc) is 3.80. The van der Waals surface area contributed by atoms with E-state index in [4.69, 9.17) is 10.2 Å². The number of allylic oxidation sites excluding steroid dienone is 4. The number of benzene rings is 6. The summed E-state index contributed by atoms with van der Waals surface area (Å²) in [6.45, 7) is 6.51. The minimum Gasteiger partial charge on any atom is -0.311 e. The molecule has 1 unspecified atom stereocenters. The molecule has 0 amide bonds. The lowest BCUT2D eigenvalue weighted by molar-refractivity contribution is 0.805. The Bertz CT molecular complexity index is 2450. The van der Waals surface area contributed by atoms with E-state index in [1.165, 1.54) is 27.4 Å². The van der Waals surface area contributed by atoms with Crippen LogP contribution in [-0.4, -0.2) is 19.3 Å². The molecule has 2 aromatic heterocycles. The summed E-state index contributed by atoms with van der Waals surface area (Å²) in [6.07, 6.45) is 7.55. The SMILES string of the molecule is CC/C(C)=C\C=C/C(C)c1nnc(-c2ccccc2)n1-c1ccc(N(c2ccccc2)c2ccc(-n3c4ccccc4c4ccccc43)cc2)cc1. The number of hydrogen-bond donors (Lipinski definition) is 0. The molecule has 0 bridgehead atoms. The highest BCUT2D eigenvalue weighted by atomic mass is 15.3. The van der Waals surface area contributed by atoms with Gasteiger partial charge in [0.25, 0.3) is 0 Å². The van der Waals surface area contributed by atoms with E-state index in [2.05, 4.69) is 193 Å². The van der Waals surface area contributed by atoms with Crippen molar-refractivity contribution in [2.45, 2.75) is 33.1 Å². The first kappa shape index (κ1) is 32.7. The van der Waals surface area contributed by atoms with E-state index in [0.29, 0.717) is 0 Å². The number of rotatable bonds is 10. The van der Waals surface area contributed by atoms with E-state index in [9.17, 15) is 0 Å². The molecular weight excluding hydrogens is 635 g/mol. The van der Waals surface area contributed by atoms with Crippen molar-refractivity contribution in [3.05, 3.63) is 187 Å². The van der Waals surface area contributed by atoms with Gasteiger partial charge in [-0.15, -0.1) is 10.2 Å². The van der Waals surface area contributed by atoms with E-state index in [-0.39, 0.29) is 5.92 Å². The van der Waals surface area contributed by atoms with Crippen LogP contribution in [0.15, 0.2) is 182 Å². The summed E-state index contributed by atoms with van der Waals surface area (Å²) in [6, 6.07) is 55.7. The molecule has 0 N–H and O–H groups in total. The second-order valence-corrected chi connectivity index (χ2v) is 13.2. The highest BCUT2D eigenvalue weighted by molar-refractivity contribution is 6.09. The maximum atomic E-state index is 4.74. The number of para-hydroxylation sites is 3. The molecule has 52 heavy (non-hydrogen) atoms. The molecule has 0 spiro atoms. The van der Waals surface area contributed by atoms with Gasteiger partial charge in [0.05, 0.1) is 11.0 Å². The van der Waals surface area contributed by atoms with Crippen LogP contribution in [0, 0.1) is 0 Å². The molecule has 2 heterocycles. The zero-order valence-electron chi connectivity index (χ0n) is 29.8. The fraction of sp³-hybridized carbons (Fsp3) is 0.106. The highest BCUT2D eigenvalue weighted by Crippen LogP contribution is 2.38. The summed E-state index contributed by atoms with van der Waals surface area (Å²) in [5.74, 6) is 1.77. The Kier molecular flexibility index (Phi) is 9.07. The summed E-state index contributed by atoms with van der Waals surface area (Å²) in [5.41, 5.74) is 10.1. The van der Waals surface area contributed by atoms with Crippen molar-refractivity contribution in [1.82, 2.24) is 19.3 Å². The fourth-order valence-electron chi connectivity index (χ4n) is 6.94. The van der Waals surface area contributed by atoms with E-state index in [0.717, 1.165) is 52.1 Å². The predicted molar refractivity (Wildman–Crippen MR) is 217 cm³/mol. The first-order chi connectivity index (χ1) is 25.6. The summed E-state index contributed by atoms with van der Waals surface area (Å²) < 4.78 is 4.55.